The van der Waals surface area contributed by atoms with E-state index in [1.165, 1.54) is 11.1 Å². The van der Waals surface area contributed by atoms with Gasteiger partial charge < -0.3 is 16.2 Å². The highest BCUT2D eigenvalue weighted by atomic mass is 16.3. The molecular weight excluding hydrogens is 312 g/mol. The average Bonchev–Trinajstić information content (AvgIpc) is 2.64. The van der Waals surface area contributed by atoms with Crippen LogP contribution in [0.25, 0.3) is 0 Å². The number of aliphatic hydroxyl groups excluding tert-OH is 1. The summed E-state index contributed by atoms with van der Waals surface area (Å²) in [6.45, 7) is 3.33. The van der Waals surface area contributed by atoms with Crippen LogP contribution in [0.2, 0.25) is 0 Å². The summed E-state index contributed by atoms with van der Waals surface area (Å²) in [5, 5.41) is 12.8. The Hall–Kier alpha value is -2.37. The molecule has 0 aliphatic carbocycles. The van der Waals surface area contributed by atoms with Gasteiger partial charge in [0.05, 0.1) is 12.6 Å². The Balaban J connectivity index is 1.61. The number of aliphatic imine (C=N–C) groups is 1. The van der Waals surface area contributed by atoms with Gasteiger partial charge in [0.1, 0.15) is 0 Å². The quantitative estimate of drug-likeness (QED) is 0.579. The number of anilines is 1. The van der Waals surface area contributed by atoms with Gasteiger partial charge in [-0.3, -0.25) is 4.90 Å². The Bertz CT molecular complexity index is 694. The van der Waals surface area contributed by atoms with Crippen LogP contribution in [0.1, 0.15) is 24.0 Å². The lowest BCUT2D eigenvalue weighted by Crippen LogP contribution is -2.35. The summed E-state index contributed by atoms with van der Waals surface area (Å²) < 4.78 is 0. The third kappa shape index (κ3) is 5.31. The van der Waals surface area contributed by atoms with E-state index in [1.807, 2.05) is 36.4 Å². The van der Waals surface area contributed by atoms with Crippen LogP contribution in [0.3, 0.4) is 0 Å². The molecule has 3 rings (SSSR count). The van der Waals surface area contributed by atoms with Gasteiger partial charge in [-0.1, -0.05) is 42.5 Å². The van der Waals surface area contributed by atoms with E-state index < -0.39 is 0 Å². The summed E-state index contributed by atoms with van der Waals surface area (Å²) in [5.74, 6) is 0.419. The van der Waals surface area contributed by atoms with Gasteiger partial charge in [0.25, 0.3) is 0 Å². The van der Waals surface area contributed by atoms with Crippen LogP contribution in [-0.4, -0.2) is 35.2 Å². The standard InChI is InChI=1S/C20H26N4O/c21-20(23-18-8-2-1-3-9-18)22-14-16-6-4-5-7-17(16)15-24-12-10-19(25)11-13-24/h1-9,19,25H,10-15H2,(H3,21,22,23). The maximum absolute atomic E-state index is 9.65. The number of piperidine rings is 1. The molecule has 2 aromatic carbocycles. The Kier molecular flexibility index (Phi) is 6.04. The first-order chi connectivity index (χ1) is 12.2. The van der Waals surface area contributed by atoms with Gasteiger partial charge >= 0.3 is 0 Å². The summed E-state index contributed by atoms with van der Waals surface area (Å²) >= 11 is 0. The van der Waals surface area contributed by atoms with Crippen molar-refractivity contribution in [3.8, 4) is 0 Å². The molecule has 2 aromatic rings. The van der Waals surface area contributed by atoms with Gasteiger partial charge in [0.15, 0.2) is 5.96 Å². The smallest absolute Gasteiger partial charge is 0.193 e. The fraction of sp³-hybridized carbons (Fsp3) is 0.350. The van der Waals surface area contributed by atoms with Gasteiger partial charge in [-0.15, -0.1) is 0 Å². The molecule has 5 nitrogen and oxygen atoms in total. The van der Waals surface area contributed by atoms with Crippen LogP contribution in [0, 0.1) is 0 Å². The van der Waals surface area contributed by atoms with Crippen LogP contribution < -0.4 is 11.1 Å². The van der Waals surface area contributed by atoms with Crippen LogP contribution >= 0.6 is 0 Å². The van der Waals surface area contributed by atoms with Crippen molar-refractivity contribution >= 4 is 11.6 Å². The van der Waals surface area contributed by atoms with E-state index in [1.54, 1.807) is 0 Å². The zero-order valence-corrected chi connectivity index (χ0v) is 14.4. The second kappa shape index (κ2) is 8.65. The highest BCUT2D eigenvalue weighted by Gasteiger charge is 2.17. The average molecular weight is 338 g/mol. The predicted octanol–water partition coefficient (Wildman–Crippen LogP) is 2.57. The summed E-state index contributed by atoms with van der Waals surface area (Å²) in [6.07, 6.45) is 1.57. The number of para-hydroxylation sites is 1. The number of nitrogens with two attached hydrogens (primary N) is 1. The summed E-state index contributed by atoms with van der Waals surface area (Å²) in [4.78, 5) is 6.87. The molecule has 25 heavy (non-hydrogen) atoms. The molecule has 0 saturated carbocycles. The molecule has 1 aliphatic rings. The lowest BCUT2D eigenvalue weighted by Gasteiger charge is -2.30. The predicted molar refractivity (Wildman–Crippen MR) is 102 cm³/mol. The molecule has 5 heteroatoms. The van der Waals surface area contributed by atoms with Crippen LogP contribution in [-0.2, 0) is 13.1 Å². The maximum Gasteiger partial charge on any atom is 0.193 e. The summed E-state index contributed by atoms with van der Waals surface area (Å²) in [5.41, 5.74) is 9.40. The van der Waals surface area contributed by atoms with Gasteiger partial charge in [-0.05, 0) is 36.1 Å². The maximum atomic E-state index is 9.65. The molecule has 0 bridgehead atoms. The van der Waals surface area contributed by atoms with E-state index in [4.69, 9.17) is 5.73 Å². The SMILES string of the molecule is NC(=NCc1ccccc1CN1CCC(O)CC1)Nc1ccccc1. The van der Waals surface area contributed by atoms with Crippen molar-refractivity contribution in [2.24, 2.45) is 10.7 Å². The molecule has 0 radical (unpaired) electrons. The lowest BCUT2D eigenvalue weighted by molar-refractivity contribution is 0.0791. The molecule has 0 amide bonds. The number of rotatable bonds is 5. The topological polar surface area (TPSA) is 73.9 Å². The van der Waals surface area contributed by atoms with E-state index in [0.29, 0.717) is 12.5 Å². The third-order valence-corrected chi connectivity index (χ3v) is 4.54. The Morgan fingerprint density at radius 2 is 1.68 bits per heavy atom. The molecule has 0 spiro atoms. The number of likely N-dealkylation sites (tertiary alicyclic amines) is 1. The van der Waals surface area contributed by atoms with Crippen molar-refractivity contribution in [1.29, 1.82) is 0 Å². The van der Waals surface area contributed by atoms with Crippen molar-refractivity contribution in [1.82, 2.24) is 4.90 Å². The molecule has 132 valence electrons. The van der Waals surface area contributed by atoms with Crippen molar-refractivity contribution in [3.63, 3.8) is 0 Å². The lowest BCUT2D eigenvalue weighted by atomic mass is 10.0. The van der Waals surface area contributed by atoms with E-state index in [2.05, 4.69) is 33.4 Å². The van der Waals surface area contributed by atoms with E-state index in [9.17, 15) is 5.11 Å². The molecule has 1 heterocycles. The van der Waals surface area contributed by atoms with Crippen LogP contribution in [0.4, 0.5) is 5.69 Å². The number of hydrogen-bond acceptors (Lipinski definition) is 3. The van der Waals surface area contributed by atoms with E-state index >= 15 is 0 Å². The number of guanidine groups is 1. The third-order valence-electron chi connectivity index (χ3n) is 4.54. The first-order valence-corrected chi connectivity index (χ1v) is 8.80. The van der Waals surface area contributed by atoms with Crippen molar-refractivity contribution in [2.75, 3.05) is 18.4 Å². The molecule has 0 atom stereocenters. The van der Waals surface area contributed by atoms with Crippen molar-refractivity contribution < 1.29 is 5.11 Å². The minimum absolute atomic E-state index is 0.139. The van der Waals surface area contributed by atoms with Crippen molar-refractivity contribution in [3.05, 3.63) is 65.7 Å². The molecule has 1 saturated heterocycles. The molecule has 0 unspecified atom stereocenters. The second-order valence-electron chi connectivity index (χ2n) is 6.47. The van der Waals surface area contributed by atoms with Gasteiger partial charge in [-0.25, -0.2) is 4.99 Å². The second-order valence-corrected chi connectivity index (χ2v) is 6.47. The van der Waals surface area contributed by atoms with Gasteiger partial charge in [0, 0.05) is 25.3 Å². The fourth-order valence-corrected chi connectivity index (χ4v) is 3.06. The number of hydrogen-bond donors (Lipinski definition) is 3. The zero-order valence-electron chi connectivity index (χ0n) is 14.4. The Morgan fingerprint density at radius 3 is 2.40 bits per heavy atom. The van der Waals surface area contributed by atoms with E-state index in [0.717, 1.165) is 38.2 Å². The largest absolute Gasteiger partial charge is 0.393 e. The molecule has 4 N–H and O–H groups in total. The minimum atomic E-state index is -0.139. The normalized spacial score (nSPS) is 16.8. The number of nitrogens with one attached hydrogen (secondary N) is 1. The van der Waals surface area contributed by atoms with E-state index in [-0.39, 0.29) is 6.10 Å². The Morgan fingerprint density at radius 1 is 1.04 bits per heavy atom. The highest BCUT2D eigenvalue weighted by Crippen LogP contribution is 2.17. The van der Waals surface area contributed by atoms with Crippen LogP contribution in [0.5, 0.6) is 0 Å². The number of benzene rings is 2. The summed E-state index contributed by atoms with van der Waals surface area (Å²) in [7, 11) is 0. The summed E-state index contributed by atoms with van der Waals surface area (Å²) in [6, 6.07) is 18.2. The zero-order chi connectivity index (χ0) is 17.5. The molecule has 1 fully saturated rings. The first kappa shape index (κ1) is 17.5. The first-order valence-electron chi connectivity index (χ1n) is 8.80. The van der Waals surface area contributed by atoms with Crippen LogP contribution in [0.15, 0.2) is 59.6 Å². The number of aliphatic hydroxyl groups is 1. The van der Waals surface area contributed by atoms with Crippen molar-refractivity contribution in [2.45, 2.75) is 32.0 Å². The number of nitrogens with zero attached hydrogens (tertiary/aromatic N) is 2. The highest BCUT2D eigenvalue weighted by molar-refractivity contribution is 5.92. The minimum Gasteiger partial charge on any atom is -0.393 e. The van der Waals surface area contributed by atoms with Gasteiger partial charge in [0.2, 0.25) is 0 Å². The molecule has 1 aliphatic heterocycles. The monoisotopic (exact) mass is 338 g/mol. The molecule has 0 aromatic heterocycles. The Labute approximate surface area is 149 Å². The molecular formula is C20H26N4O. The fourth-order valence-electron chi connectivity index (χ4n) is 3.06. The van der Waals surface area contributed by atoms with Gasteiger partial charge in [-0.2, -0.15) is 0 Å².